The number of piperazine rings is 1. The van der Waals surface area contributed by atoms with Crippen LogP contribution < -0.4 is 5.32 Å². The largest absolute Gasteiger partial charge is 0.314 e. The highest BCUT2D eigenvalue weighted by Crippen LogP contribution is 2.38. The maximum atomic E-state index is 4.83. The third-order valence-electron chi connectivity index (χ3n) is 4.60. The van der Waals surface area contributed by atoms with E-state index in [1.165, 1.54) is 31.4 Å². The molecule has 1 N–H and O–H groups in total. The lowest BCUT2D eigenvalue weighted by atomic mass is 9.92. The third-order valence-corrected chi connectivity index (χ3v) is 4.60. The van der Waals surface area contributed by atoms with Gasteiger partial charge in [-0.05, 0) is 37.8 Å². The molecule has 3 nitrogen and oxygen atoms in total. The minimum atomic E-state index is 0.546. The van der Waals surface area contributed by atoms with Crippen molar-refractivity contribution in [2.75, 3.05) is 26.2 Å². The van der Waals surface area contributed by atoms with Gasteiger partial charge >= 0.3 is 0 Å². The maximum Gasteiger partial charge on any atom is 0.0581 e. The summed E-state index contributed by atoms with van der Waals surface area (Å²) in [5.74, 6) is 0.812. The maximum absolute atomic E-state index is 4.83. The Labute approximate surface area is 116 Å². The SMILES string of the molecule is Cc1cccc([C@@H](C2CCCC2)N2CCNCC2)n1. The van der Waals surface area contributed by atoms with E-state index in [2.05, 4.69) is 35.3 Å². The van der Waals surface area contributed by atoms with Crippen molar-refractivity contribution in [3.05, 3.63) is 29.6 Å². The second-order valence-corrected chi connectivity index (χ2v) is 5.98. The number of hydrogen-bond donors (Lipinski definition) is 1. The van der Waals surface area contributed by atoms with Crippen LogP contribution in [0.2, 0.25) is 0 Å². The smallest absolute Gasteiger partial charge is 0.0581 e. The van der Waals surface area contributed by atoms with Crippen LogP contribution in [-0.2, 0) is 0 Å². The fraction of sp³-hybridized carbons (Fsp3) is 0.688. The highest BCUT2D eigenvalue weighted by atomic mass is 15.2. The molecule has 2 heterocycles. The topological polar surface area (TPSA) is 28.2 Å². The summed E-state index contributed by atoms with van der Waals surface area (Å²) in [4.78, 5) is 7.49. The van der Waals surface area contributed by atoms with Crippen molar-refractivity contribution < 1.29 is 0 Å². The second kappa shape index (κ2) is 6.02. The van der Waals surface area contributed by atoms with Crippen LogP contribution in [0, 0.1) is 12.8 Å². The molecule has 0 spiro atoms. The van der Waals surface area contributed by atoms with Gasteiger partial charge in [-0.2, -0.15) is 0 Å². The van der Waals surface area contributed by atoms with Gasteiger partial charge in [0.25, 0.3) is 0 Å². The molecule has 2 fully saturated rings. The van der Waals surface area contributed by atoms with Crippen molar-refractivity contribution in [1.29, 1.82) is 0 Å². The summed E-state index contributed by atoms with van der Waals surface area (Å²) in [5, 5.41) is 3.46. The minimum absolute atomic E-state index is 0.546. The monoisotopic (exact) mass is 259 g/mol. The molecule has 0 bridgehead atoms. The predicted molar refractivity (Wildman–Crippen MR) is 78.1 cm³/mol. The van der Waals surface area contributed by atoms with Crippen LogP contribution in [0.5, 0.6) is 0 Å². The van der Waals surface area contributed by atoms with E-state index in [4.69, 9.17) is 4.98 Å². The van der Waals surface area contributed by atoms with E-state index in [0.29, 0.717) is 6.04 Å². The molecule has 1 atom stereocenters. The van der Waals surface area contributed by atoms with Gasteiger partial charge in [0.05, 0.1) is 11.7 Å². The van der Waals surface area contributed by atoms with Crippen molar-refractivity contribution in [2.24, 2.45) is 5.92 Å². The van der Waals surface area contributed by atoms with Crippen LogP contribution >= 0.6 is 0 Å². The molecule has 0 unspecified atom stereocenters. The van der Waals surface area contributed by atoms with Gasteiger partial charge in [-0.25, -0.2) is 0 Å². The number of pyridine rings is 1. The molecule has 1 saturated heterocycles. The summed E-state index contributed by atoms with van der Waals surface area (Å²) in [7, 11) is 0. The van der Waals surface area contributed by atoms with Gasteiger partial charge < -0.3 is 5.32 Å². The van der Waals surface area contributed by atoms with Gasteiger partial charge in [0.1, 0.15) is 0 Å². The summed E-state index contributed by atoms with van der Waals surface area (Å²) in [6.45, 7) is 6.67. The zero-order valence-corrected chi connectivity index (χ0v) is 11.9. The first kappa shape index (κ1) is 13.1. The third kappa shape index (κ3) is 2.98. The van der Waals surface area contributed by atoms with Crippen LogP contribution in [0.15, 0.2) is 18.2 Å². The molecule has 1 aromatic heterocycles. The lowest BCUT2D eigenvalue weighted by molar-refractivity contribution is 0.122. The van der Waals surface area contributed by atoms with Crippen molar-refractivity contribution in [3.63, 3.8) is 0 Å². The van der Waals surface area contributed by atoms with Crippen LogP contribution in [0.25, 0.3) is 0 Å². The zero-order valence-electron chi connectivity index (χ0n) is 11.9. The fourth-order valence-electron chi connectivity index (χ4n) is 3.69. The van der Waals surface area contributed by atoms with Crippen LogP contribution in [0.1, 0.15) is 43.1 Å². The standard InChI is InChI=1S/C16H25N3/c1-13-5-4-8-15(18-13)16(14-6-2-3-7-14)19-11-9-17-10-12-19/h4-5,8,14,16-17H,2-3,6-7,9-12H2,1H3/t16-/m1/s1. The van der Waals surface area contributed by atoms with Gasteiger partial charge in [-0.15, -0.1) is 0 Å². The van der Waals surface area contributed by atoms with Crippen LogP contribution in [0.4, 0.5) is 0 Å². The van der Waals surface area contributed by atoms with E-state index in [0.717, 1.165) is 37.8 Å². The summed E-state index contributed by atoms with van der Waals surface area (Å²) in [5.41, 5.74) is 2.45. The van der Waals surface area contributed by atoms with E-state index in [1.54, 1.807) is 0 Å². The van der Waals surface area contributed by atoms with Crippen LogP contribution in [-0.4, -0.2) is 36.1 Å². The summed E-state index contributed by atoms with van der Waals surface area (Å²) < 4.78 is 0. The predicted octanol–water partition coefficient (Wildman–Crippen LogP) is 2.53. The Kier molecular flexibility index (Phi) is 4.14. The average Bonchev–Trinajstić information content (AvgIpc) is 2.94. The Morgan fingerprint density at radius 3 is 2.63 bits per heavy atom. The van der Waals surface area contributed by atoms with Crippen molar-refractivity contribution in [1.82, 2.24) is 15.2 Å². The van der Waals surface area contributed by atoms with E-state index < -0.39 is 0 Å². The average molecular weight is 259 g/mol. The quantitative estimate of drug-likeness (QED) is 0.904. The van der Waals surface area contributed by atoms with Gasteiger partial charge in [-0.3, -0.25) is 9.88 Å². The Morgan fingerprint density at radius 1 is 1.21 bits per heavy atom. The normalized spacial score (nSPS) is 23.6. The van der Waals surface area contributed by atoms with E-state index in [1.807, 2.05) is 0 Å². The Bertz CT molecular complexity index is 406. The molecular weight excluding hydrogens is 234 g/mol. The Hall–Kier alpha value is -0.930. The second-order valence-electron chi connectivity index (χ2n) is 5.98. The molecule has 3 heteroatoms. The first-order valence-corrected chi connectivity index (χ1v) is 7.73. The van der Waals surface area contributed by atoms with E-state index in [-0.39, 0.29) is 0 Å². The van der Waals surface area contributed by atoms with Gasteiger partial charge in [0.15, 0.2) is 0 Å². The molecule has 1 aromatic rings. The summed E-state index contributed by atoms with van der Waals surface area (Å²) >= 11 is 0. The molecule has 104 valence electrons. The summed E-state index contributed by atoms with van der Waals surface area (Å²) in [6.07, 6.45) is 5.56. The van der Waals surface area contributed by atoms with E-state index in [9.17, 15) is 0 Å². The number of aryl methyl sites for hydroxylation is 1. The molecule has 0 amide bonds. The van der Waals surface area contributed by atoms with Crippen molar-refractivity contribution in [3.8, 4) is 0 Å². The fourth-order valence-corrected chi connectivity index (χ4v) is 3.69. The zero-order chi connectivity index (χ0) is 13.1. The van der Waals surface area contributed by atoms with Gasteiger partial charge in [-0.1, -0.05) is 18.9 Å². The number of hydrogen-bond acceptors (Lipinski definition) is 3. The lowest BCUT2D eigenvalue weighted by Gasteiger charge is -2.38. The molecule has 2 aliphatic rings. The first-order chi connectivity index (χ1) is 9.34. The van der Waals surface area contributed by atoms with Crippen molar-refractivity contribution in [2.45, 2.75) is 38.6 Å². The highest BCUT2D eigenvalue weighted by molar-refractivity contribution is 5.15. The molecular formula is C16H25N3. The lowest BCUT2D eigenvalue weighted by Crippen LogP contribution is -2.46. The minimum Gasteiger partial charge on any atom is -0.314 e. The number of nitrogens with one attached hydrogen (secondary N) is 1. The molecule has 0 radical (unpaired) electrons. The number of rotatable bonds is 3. The Balaban J connectivity index is 1.86. The molecule has 19 heavy (non-hydrogen) atoms. The molecule has 0 aromatic carbocycles. The van der Waals surface area contributed by atoms with Crippen LogP contribution in [0.3, 0.4) is 0 Å². The molecule has 1 aliphatic carbocycles. The summed E-state index contributed by atoms with van der Waals surface area (Å²) in [6, 6.07) is 7.05. The molecule has 3 rings (SSSR count). The van der Waals surface area contributed by atoms with E-state index >= 15 is 0 Å². The van der Waals surface area contributed by atoms with Gasteiger partial charge in [0.2, 0.25) is 0 Å². The van der Waals surface area contributed by atoms with Crippen molar-refractivity contribution >= 4 is 0 Å². The number of aromatic nitrogens is 1. The molecule has 1 aliphatic heterocycles. The highest BCUT2D eigenvalue weighted by Gasteiger charge is 2.32. The Morgan fingerprint density at radius 2 is 1.95 bits per heavy atom. The van der Waals surface area contributed by atoms with Gasteiger partial charge in [0, 0.05) is 31.9 Å². The first-order valence-electron chi connectivity index (χ1n) is 7.73. The number of nitrogens with zero attached hydrogens (tertiary/aromatic N) is 2. The molecule has 1 saturated carbocycles.